The molecule has 0 heterocycles. The van der Waals surface area contributed by atoms with Crippen LogP contribution in [0.3, 0.4) is 0 Å². The van der Waals surface area contributed by atoms with Gasteiger partial charge >= 0.3 is 0 Å². The molecule has 0 atom stereocenters. The SMILES string of the molecule is CCCCCCCCCCCCCCCCCCP(c1cccc2c1Cc1ccccc1-2)c1cccc2c1Cc1ccccc1-2. The second-order valence-electron chi connectivity index (χ2n) is 13.7. The van der Waals surface area contributed by atoms with Gasteiger partial charge in [0.15, 0.2) is 0 Å². The molecule has 0 bridgehead atoms. The summed E-state index contributed by atoms with van der Waals surface area (Å²) in [5.41, 5.74) is 12.1. The zero-order valence-corrected chi connectivity index (χ0v) is 28.9. The normalized spacial score (nSPS) is 12.8. The summed E-state index contributed by atoms with van der Waals surface area (Å²) in [7, 11) is -0.404. The first-order valence-electron chi connectivity index (χ1n) is 18.5. The molecule has 0 aliphatic heterocycles. The summed E-state index contributed by atoms with van der Waals surface area (Å²) in [5.74, 6) is 0. The molecular formula is C44H55P. The Bertz CT molecular complexity index is 1420. The van der Waals surface area contributed by atoms with Crippen molar-refractivity contribution in [1.82, 2.24) is 0 Å². The third-order valence-corrected chi connectivity index (χ3v) is 13.2. The summed E-state index contributed by atoms with van der Waals surface area (Å²) in [4.78, 5) is 0. The number of benzene rings is 4. The number of fused-ring (bicyclic) bond motifs is 6. The molecule has 0 saturated carbocycles. The fraction of sp³-hybridized carbons (Fsp3) is 0.455. The molecule has 4 aromatic carbocycles. The minimum absolute atomic E-state index is 0.404. The molecule has 236 valence electrons. The fourth-order valence-corrected chi connectivity index (χ4v) is 10.8. The van der Waals surface area contributed by atoms with Gasteiger partial charge in [-0.1, -0.05) is 188 Å². The highest BCUT2D eigenvalue weighted by atomic mass is 31.1. The lowest BCUT2D eigenvalue weighted by Gasteiger charge is -2.24. The van der Waals surface area contributed by atoms with Gasteiger partial charge in [-0.2, -0.15) is 0 Å². The van der Waals surface area contributed by atoms with E-state index in [2.05, 4.69) is 91.9 Å². The van der Waals surface area contributed by atoms with E-state index in [-0.39, 0.29) is 0 Å². The molecular weight excluding hydrogens is 559 g/mol. The molecule has 0 nitrogen and oxygen atoms in total. The first kappa shape index (κ1) is 32.3. The molecule has 0 unspecified atom stereocenters. The Labute approximate surface area is 275 Å². The summed E-state index contributed by atoms with van der Waals surface area (Å²) >= 11 is 0. The van der Waals surface area contributed by atoms with Gasteiger partial charge in [-0.15, -0.1) is 0 Å². The van der Waals surface area contributed by atoms with Crippen LogP contribution in [-0.4, -0.2) is 6.16 Å². The summed E-state index contributed by atoms with van der Waals surface area (Å²) < 4.78 is 0. The third-order valence-electron chi connectivity index (χ3n) is 10.5. The number of rotatable bonds is 19. The van der Waals surface area contributed by atoms with Gasteiger partial charge in [-0.25, -0.2) is 0 Å². The molecule has 0 saturated heterocycles. The average molecular weight is 615 g/mol. The molecule has 0 aromatic heterocycles. The summed E-state index contributed by atoms with van der Waals surface area (Å²) in [6.45, 7) is 2.31. The Morgan fingerprint density at radius 1 is 0.400 bits per heavy atom. The third kappa shape index (κ3) is 8.00. The Kier molecular flexibility index (Phi) is 12.0. The van der Waals surface area contributed by atoms with Gasteiger partial charge in [0.1, 0.15) is 0 Å². The highest BCUT2D eigenvalue weighted by Gasteiger charge is 2.29. The average Bonchev–Trinajstić information content (AvgIpc) is 3.65. The number of hydrogen-bond donors (Lipinski definition) is 0. The van der Waals surface area contributed by atoms with Crippen molar-refractivity contribution < 1.29 is 0 Å². The highest BCUT2D eigenvalue weighted by Crippen LogP contribution is 2.46. The van der Waals surface area contributed by atoms with Gasteiger partial charge < -0.3 is 0 Å². The van der Waals surface area contributed by atoms with E-state index in [1.807, 2.05) is 0 Å². The smallest absolute Gasteiger partial charge is 0.000699 e. The van der Waals surface area contributed by atoms with Gasteiger partial charge in [-0.3, -0.25) is 0 Å². The van der Waals surface area contributed by atoms with Crippen LogP contribution in [0.25, 0.3) is 22.3 Å². The number of unbranched alkanes of at least 4 members (excludes halogenated alkanes) is 15. The van der Waals surface area contributed by atoms with E-state index in [4.69, 9.17) is 0 Å². The van der Waals surface area contributed by atoms with E-state index in [0.29, 0.717) is 0 Å². The summed E-state index contributed by atoms with van der Waals surface area (Å²) in [5, 5.41) is 3.29. The van der Waals surface area contributed by atoms with Crippen molar-refractivity contribution in [3.05, 3.63) is 107 Å². The lowest BCUT2D eigenvalue weighted by Crippen LogP contribution is -2.21. The maximum absolute atomic E-state index is 2.49. The quantitative estimate of drug-likeness (QED) is 0.0629. The van der Waals surface area contributed by atoms with Crippen LogP contribution in [0.2, 0.25) is 0 Å². The maximum Gasteiger partial charge on any atom is -0.000699 e. The van der Waals surface area contributed by atoms with E-state index in [1.165, 1.54) is 142 Å². The zero-order valence-electron chi connectivity index (χ0n) is 28.0. The molecule has 4 aromatic rings. The van der Waals surface area contributed by atoms with Crippen molar-refractivity contribution in [2.24, 2.45) is 0 Å². The van der Waals surface area contributed by atoms with Crippen LogP contribution >= 0.6 is 7.92 Å². The predicted octanol–water partition coefficient (Wildman–Crippen LogP) is 12.5. The zero-order chi connectivity index (χ0) is 30.7. The fourth-order valence-electron chi connectivity index (χ4n) is 7.98. The Balaban J connectivity index is 1.04. The van der Waals surface area contributed by atoms with Crippen molar-refractivity contribution in [2.45, 2.75) is 122 Å². The van der Waals surface area contributed by atoms with E-state index >= 15 is 0 Å². The lowest BCUT2D eigenvalue weighted by atomic mass is 10.0. The molecule has 0 amide bonds. The standard InChI is InChI=1S/C44H55P/c1-2-3-4-5-6-7-8-9-10-11-12-13-14-15-16-21-32-45(43-30-22-28-39-37-26-19-17-24-35(37)33-41(39)43)44-31-23-29-40-38-27-20-18-25-36(38)34-42(40)44/h17-20,22-31H,2-16,21,32-34H2,1H3. The lowest BCUT2D eigenvalue weighted by molar-refractivity contribution is 0.531. The molecule has 2 aliphatic carbocycles. The van der Waals surface area contributed by atoms with Crippen molar-refractivity contribution >= 4 is 18.5 Å². The van der Waals surface area contributed by atoms with Crippen LogP contribution in [0.15, 0.2) is 84.9 Å². The van der Waals surface area contributed by atoms with Gasteiger partial charge in [0.05, 0.1) is 0 Å². The topological polar surface area (TPSA) is 0 Å². The first-order chi connectivity index (χ1) is 22.3. The second-order valence-corrected chi connectivity index (χ2v) is 16.0. The molecule has 0 radical (unpaired) electrons. The van der Waals surface area contributed by atoms with E-state index in [1.54, 1.807) is 21.7 Å². The second kappa shape index (κ2) is 16.7. The van der Waals surface area contributed by atoms with Crippen molar-refractivity contribution in [3.63, 3.8) is 0 Å². The van der Waals surface area contributed by atoms with Crippen LogP contribution in [-0.2, 0) is 12.8 Å². The van der Waals surface area contributed by atoms with Gasteiger partial charge in [0.25, 0.3) is 0 Å². The number of hydrogen-bond acceptors (Lipinski definition) is 0. The molecule has 45 heavy (non-hydrogen) atoms. The molecule has 0 N–H and O–H groups in total. The van der Waals surface area contributed by atoms with Crippen LogP contribution < -0.4 is 10.6 Å². The van der Waals surface area contributed by atoms with Crippen molar-refractivity contribution in [2.75, 3.05) is 6.16 Å². The molecule has 0 fully saturated rings. The summed E-state index contributed by atoms with van der Waals surface area (Å²) in [6.07, 6.45) is 26.3. The predicted molar refractivity (Wildman–Crippen MR) is 200 cm³/mol. The minimum Gasteiger partial charge on any atom is -0.0654 e. The molecule has 6 rings (SSSR count). The monoisotopic (exact) mass is 614 g/mol. The van der Waals surface area contributed by atoms with Crippen molar-refractivity contribution in [1.29, 1.82) is 0 Å². The molecule has 2 aliphatic rings. The van der Waals surface area contributed by atoms with Crippen LogP contribution in [0.1, 0.15) is 132 Å². The maximum atomic E-state index is 2.49. The first-order valence-corrected chi connectivity index (χ1v) is 20.1. The van der Waals surface area contributed by atoms with Gasteiger partial charge in [-0.05, 0) is 88.5 Å². The van der Waals surface area contributed by atoms with Gasteiger partial charge in [0, 0.05) is 0 Å². The highest BCUT2D eigenvalue weighted by molar-refractivity contribution is 7.73. The van der Waals surface area contributed by atoms with Crippen LogP contribution in [0, 0.1) is 0 Å². The molecule has 0 spiro atoms. The Hall–Kier alpha value is -2.69. The van der Waals surface area contributed by atoms with E-state index in [9.17, 15) is 0 Å². The van der Waals surface area contributed by atoms with E-state index < -0.39 is 7.92 Å². The van der Waals surface area contributed by atoms with E-state index in [0.717, 1.165) is 12.8 Å². The Morgan fingerprint density at radius 2 is 0.778 bits per heavy atom. The van der Waals surface area contributed by atoms with Crippen molar-refractivity contribution in [3.8, 4) is 22.3 Å². The Morgan fingerprint density at radius 3 is 1.22 bits per heavy atom. The van der Waals surface area contributed by atoms with Crippen LogP contribution in [0.4, 0.5) is 0 Å². The van der Waals surface area contributed by atoms with Gasteiger partial charge in [0.2, 0.25) is 0 Å². The van der Waals surface area contributed by atoms with Crippen LogP contribution in [0.5, 0.6) is 0 Å². The summed E-state index contributed by atoms with van der Waals surface area (Å²) in [6, 6.07) is 32.6. The largest absolute Gasteiger partial charge is 0.0654 e. The molecule has 1 heteroatoms. The minimum atomic E-state index is -0.404.